The largest absolute Gasteiger partial charge is 0.457 e. The van der Waals surface area contributed by atoms with Gasteiger partial charge in [-0.15, -0.1) is 0 Å². The molecule has 2 amide bonds. The van der Waals surface area contributed by atoms with E-state index in [4.69, 9.17) is 10.5 Å². The van der Waals surface area contributed by atoms with Crippen LogP contribution in [-0.4, -0.2) is 42.9 Å². The summed E-state index contributed by atoms with van der Waals surface area (Å²) in [4.78, 5) is 26.0. The smallest absolute Gasteiger partial charge is 0.251 e. The molecule has 1 saturated heterocycles. The summed E-state index contributed by atoms with van der Waals surface area (Å²) in [7, 11) is 0. The summed E-state index contributed by atoms with van der Waals surface area (Å²) >= 11 is 0. The zero-order chi connectivity index (χ0) is 22.2. The van der Waals surface area contributed by atoms with Crippen LogP contribution in [0.5, 0.6) is 11.5 Å². The molecular formula is C25H33N3O3. The fraction of sp³-hybridized carbons (Fsp3) is 0.440. The van der Waals surface area contributed by atoms with Crippen molar-refractivity contribution in [1.82, 2.24) is 10.2 Å². The summed E-state index contributed by atoms with van der Waals surface area (Å²) in [6.07, 6.45) is 3.41. The van der Waals surface area contributed by atoms with Crippen molar-refractivity contribution in [2.75, 3.05) is 26.2 Å². The standard InChI is InChI=1S/C25H33N3O3/c1-18-15-19(2)17-28(16-18)14-4-3-13-27-25(30)21-7-11-23(12-8-21)31-22-9-5-20(6-10-22)24(26)29/h5-12,18-19H,3-4,13-17H2,1-2H3,(H2,26,29)(H,27,30). The van der Waals surface area contributed by atoms with Gasteiger partial charge in [-0.3, -0.25) is 9.59 Å². The average Bonchev–Trinajstić information content (AvgIpc) is 2.73. The molecular weight excluding hydrogens is 390 g/mol. The molecule has 0 aliphatic carbocycles. The number of nitrogens with zero attached hydrogens (tertiary/aromatic N) is 1. The number of carbonyl (C=O) groups is 2. The first-order valence-electron chi connectivity index (χ1n) is 11.1. The Labute approximate surface area is 184 Å². The molecule has 6 nitrogen and oxygen atoms in total. The molecule has 1 fully saturated rings. The van der Waals surface area contributed by atoms with Crippen LogP contribution in [0.4, 0.5) is 0 Å². The first kappa shape index (κ1) is 22.8. The number of nitrogens with one attached hydrogen (secondary N) is 1. The molecule has 6 heteroatoms. The number of benzene rings is 2. The molecule has 0 bridgehead atoms. The molecule has 166 valence electrons. The molecule has 1 heterocycles. The Bertz CT molecular complexity index is 855. The van der Waals surface area contributed by atoms with Gasteiger partial charge in [0.25, 0.3) is 5.91 Å². The van der Waals surface area contributed by atoms with E-state index in [0.29, 0.717) is 29.2 Å². The van der Waals surface area contributed by atoms with Crippen LogP contribution in [0.1, 0.15) is 53.8 Å². The number of unbranched alkanes of at least 4 members (excludes halogenated alkanes) is 1. The molecule has 2 unspecified atom stereocenters. The quantitative estimate of drug-likeness (QED) is 0.596. The van der Waals surface area contributed by atoms with E-state index in [1.54, 1.807) is 48.5 Å². The van der Waals surface area contributed by atoms with Crippen LogP contribution in [0.15, 0.2) is 48.5 Å². The van der Waals surface area contributed by atoms with Gasteiger partial charge in [0.05, 0.1) is 0 Å². The van der Waals surface area contributed by atoms with Crippen molar-refractivity contribution in [2.24, 2.45) is 17.6 Å². The van der Waals surface area contributed by atoms with Crippen LogP contribution in [0.25, 0.3) is 0 Å². The maximum absolute atomic E-state index is 12.4. The maximum Gasteiger partial charge on any atom is 0.251 e. The van der Waals surface area contributed by atoms with E-state index in [9.17, 15) is 9.59 Å². The molecule has 2 aromatic rings. The van der Waals surface area contributed by atoms with E-state index in [1.807, 2.05) is 0 Å². The molecule has 2 aromatic carbocycles. The molecule has 0 aromatic heterocycles. The van der Waals surface area contributed by atoms with Crippen molar-refractivity contribution in [1.29, 1.82) is 0 Å². The summed E-state index contributed by atoms with van der Waals surface area (Å²) < 4.78 is 5.75. The molecule has 3 N–H and O–H groups in total. The Morgan fingerprint density at radius 1 is 0.935 bits per heavy atom. The summed E-state index contributed by atoms with van der Waals surface area (Å²) in [5.74, 6) is 2.23. The highest BCUT2D eigenvalue weighted by atomic mass is 16.5. The number of carbonyl (C=O) groups excluding carboxylic acids is 2. The van der Waals surface area contributed by atoms with Gasteiger partial charge in [-0.05, 0) is 86.2 Å². The van der Waals surface area contributed by atoms with Crippen molar-refractivity contribution >= 4 is 11.8 Å². The minimum atomic E-state index is -0.474. The Morgan fingerprint density at radius 2 is 1.48 bits per heavy atom. The van der Waals surface area contributed by atoms with Crippen LogP contribution in [-0.2, 0) is 0 Å². The maximum atomic E-state index is 12.4. The Morgan fingerprint density at radius 3 is 2.03 bits per heavy atom. The third kappa shape index (κ3) is 7.10. The van der Waals surface area contributed by atoms with Crippen LogP contribution in [0.3, 0.4) is 0 Å². The molecule has 0 radical (unpaired) electrons. The van der Waals surface area contributed by atoms with Crippen molar-refractivity contribution in [3.05, 3.63) is 59.7 Å². The second kappa shape index (κ2) is 11.0. The van der Waals surface area contributed by atoms with E-state index < -0.39 is 5.91 Å². The van der Waals surface area contributed by atoms with Crippen molar-refractivity contribution in [3.8, 4) is 11.5 Å². The Kier molecular flexibility index (Phi) is 8.06. The Hall–Kier alpha value is -2.86. The zero-order valence-corrected chi connectivity index (χ0v) is 18.5. The minimum Gasteiger partial charge on any atom is -0.457 e. The lowest BCUT2D eigenvalue weighted by Gasteiger charge is -2.34. The highest BCUT2D eigenvalue weighted by Crippen LogP contribution is 2.22. The fourth-order valence-electron chi connectivity index (χ4n) is 4.24. The summed E-state index contributed by atoms with van der Waals surface area (Å²) in [6, 6.07) is 13.6. The van der Waals surface area contributed by atoms with Crippen LogP contribution >= 0.6 is 0 Å². The number of piperidine rings is 1. The fourth-order valence-corrected chi connectivity index (χ4v) is 4.24. The molecule has 0 saturated carbocycles. The van der Waals surface area contributed by atoms with E-state index in [0.717, 1.165) is 31.2 Å². The molecule has 3 rings (SSSR count). The minimum absolute atomic E-state index is 0.0717. The number of likely N-dealkylation sites (tertiary alicyclic amines) is 1. The molecule has 1 aliphatic rings. The summed E-state index contributed by atoms with van der Waals surface area (Å²) in [6.45, 7) is 8.84. The second-order valence-corrected chi connectivity index (χ2v) is 8.68. The number of hydrogen-bond acceptors (Lipinski definition) is 4. The van der Waals surface area contributed by atoms with Crippen molar-refractivity contribution in [3.63, 3.8) is 0 Å². The third-order valence-electron chi connectivity index (χ3n) is 5.62. The lowest BCUT2D eigenvalue weighted by atomic mass is 9.92. The predicted octanol–water partition coefficient (Wildman–Crippen LogP) is 4.07. The highest BCUT2D eigenvalue weighted by Gasteiger charge is 2.20. The lowest BCUT2D eigenvalue weighted by molar-refractivity contribution is 0.0950. The molecule has 31 heavy (non-hydrogen) atoms. The van der Waals surface area contributed by atoms with Gasteiger partial charge in [-0.25, -0.2) is 0 Å². The molecule has 1 aliphatic heterocycles. The Balaban J connectivity index is 1.38. The average molecular weight is 424 g/mol. The topological polar surface area (TPSA) is 84.7 Å². The van der Waals surface area contributed by atoms with Gasteiger partial charge in [0, 0.05) is 30.8 Å². The molecule has 0 spiro atoms. The van der Waals surface area contributed by atoms with Gasteiger partial charge in [-0.1, -0.05) is 13.8 Å². The summed E-state index contributed by atoms with van der Waals surface area (Å²) in [5.41, 5.74) is 6.27. The number of amides is 2. The SMILES string of the molecule is CC1CC(C)CN(CCCCNC(=O)c2ccc(Oc3ccc(C(N)=O)cc3)cc2)C1. The first-order chi connectivity index (χ1) is 14.9. The van der Waals surface area contributed by atoms with Gasteiger partial charge < -0.3 is 20.7 Å². The van der Waals surface area contributed by atoms with Gasteiger partial charge >= 0.3 is 0 Å². The van der Waals surface area contributed by atoms with Crippen LogP contribution < -0.4 is 15.8 Å². The van der Waals surface area contributed by atoms with Gasteiger partial charge in [0.15, 0.2) is 0 Å². The van der Waals surface area contributed by atoms with E-state index in [2.05, 4.69) is 24.1 Å². The van der Waals surface area contributed by atoms with Gasteiger partial charge in [-0.2, -0.15) is 0 Å². The normalized spacial score (nSPS) is 19.0. The highest BCUT2D eigenvalue weighted by molar-refractivity contribution is 5.94. The second-order valence-electron chi connectivity index (χ2n) is 8.68. The van der Waals surface area contributed by atoms with Crippen molar-refractivity contribution in [2.45, 2.75) is 33.1 Å². The number of primary amides is 1. The van der Waals surface area contributed by atoms with Gasteiger partial charge in [0.2, 0.25) is 5.91 Å². The number of hydrogen-bond donors (Lipinski definition) is 2. The number of rotatable bonds is 9. The van der Waals surface area contributed by atoms with Crippen LogP contribution in [0, 0.1) is 11.8 Å². The van der Waals surface area contributed by atoms with E-state index in [-0.39, 0.29) is 5.91 Å². The first-order valence-corrected chi connectivity index (χ1v) is 11.1. The third-order valence-corrected chi connectivity index (χ3v) is 5.62. The zero-order valence-electron chi connectivity index (χ0n) is 18.5. The van der Waals surface area contributed by atoms with E-state index in [1.165, 1.54) is 19.5 Å². The number of ether oxygens (including phenoxy) is 1. The lowest BCUT2D eigenvalue weighted by Crippen LogP contribution is -2.39. The van der Waals surface area contributed by atoms with Gasteiger partial charge in [0.1, 0.15) is 11.5 Å². The van der Waals surface area contributed by atoms with E-state index >= 15 is 0 Å². The van der Waals surface area contributed by atoms with Crippen LogP contribution in [0.2, 0.25) is 0 Å². The molecule has 2 atom stereocenters. The number of nitrogens with two attached hydrogens (primary N) is 1. The van der Waals surface area contributed by atoms with Crippen molar-refractivity contribution < 1.29 is 14.3 Å². The summed E-state index contributed by atoms with van der Waals surface area (Å²) in [5, 5.41) is 3.00. The monoisotopic (exact) mass is 423 g/mol. The predicted molar refractivity (Wildman–Crippen MR) is 122 cm³/mol.